The van der Waals surface area contributed by atoms with Gasteiger partial charge in [-0.3, -0.25) is 4.79 Å². The number of anilines is 3. The number of hydrogen-bond donors (Lipinski definition) is 4. The summed E-state index contributed by atoms with van der Waals surface area (Å²) >= 11 is 0. The van der Waals surface area contributed by atoms with Crippen LogP contribution in [0.5, 0.6) is 0 Å². The van der Waals surface area contributed by atoms with E-state index in [2.05, 4.69) is 20.6 Å². The molecule has 140 valence electrons. The number of nitrogens with two attached hydrogens (primary N) is 2. The topological polar surface area (TPSA) is 128 Å². The average molecular weight is 366 g/mol. The number of hydrogen-bond acceptors (Lipinski definition) is 7. The highest BCUT2D eigenvalue weighted by Gasteiger charge is 2.13. The molecule has 0 aliphatic rings. The molecule has 0 fully saturated rings. The molecule has 1 heterocycles. The Bertz CT molecular complexity index is 946. The molecule has 1 amide bonds. The summed E-state index contributed by atoms with van der Waals surface area (Å²) < 4.78 is 5.00. The molecule has 0 radical (unpaired) electrons. The summed E-state index contributed by atoms with van der Waals surface area (Å²) in [6, 6.07) is 13.7. The van der Waals surface area contributed by atoms with Crippen LogP contribution in [0.15, 0.2) is 48.7 Å². The molecule has 27 heavy (non-hydrogen) atoms. The van der Waals surface area contributed by atoms with Crippen LogP contribution in [0, 0.1) is 0 Å². The van der Waals surface area contributed by atoms with Crippen LogP contribution < -0.4 is 22.1 Å². The lowest BCUT2D eigenvalue weighted by Gasteiger charge is -2.14. The van der Waals surface area contributed by atoms with Crippen molar-refractivity contribution in [3.8, 4) is 0 Å². The van der Waals surface area contributed by atoms with Gasteiger partial charge in [-0.2, -0.15) is 4.98 Å². The highest BCUT2D eigenvalue weighted by molar-refractivity contribution is 5.98. The highest BCUT2D eigenvalue weighted by Crippen LogP contribution is 2.23. The molecule has 0 spiro atoms. The van der Waals surface area contributed by atoms with Crippen LogP contribution in [0.25, 0.3) is 10.8 Å². The van der Waals surface area contributed by atoms with Gasteiger partial charge in [0.2, 0.25) is 5.95 Å². The van der Waals surface area contributed by atoms with E-state index >= 15 is 0 Å². The summed E-state index contributed by atoms with van der Waals surface area (Å²) in [4.78, 5) is 20.2. The maximum absolute atomic E-state index is 11.7. The van der Waals surface area contributed by atoms with Crippen LogP contribution in [0.3, 0.4) is 0 Å². The smallest absolute Gasteiger partial charge is 0.254 e. The number of nitrogens with one attached hydrogen (secondary N) is 2. The monoisotopic (exact) mass is 366 g/mol. The number of aromatic nitrogens is 2. The van der Waals surface area contributed by atoms with E-state index in [1.165, 1.54) is 6.20 Å². The Kier molecular flexibility index (Phi) is 5.80. The first-order valence-electron chi connectivity index (χ1n) is 8.48. The number of ether oxygens (including phenoxy) is 1. The van der Waals surface area contributed by atoms with Crippen molar-refractivity contribution in [3.63, 3.8) is 0 Å². The minimum absolute atomic E-state index is 0.202. The predicted molar refractivity (Wildman–Crippen MR) is 106 cm³/mol. The molecule has 3 rings (SSSR count). The summed E-state index contributed by atoms with van der Waals surface area (Å²) in [5, 5.41) is 8.37. The molecule has 0 unspecified atom stereocenters. The van der Waals surface area contributed by atoms with E-state index in [0.29, 0.717) is 24.9 Å². The van der Waals surface area contributed by atoms with Gasteiger partial charge in [0.1, 0.15) is 11.4 Å². The Morgan fingerprint density at radius 1 is 1.22 bits per heavy atom. The molecule has 8 heteroatoms. The lowest BCUT2D eigenvalue weighted by atomic mass is 10.1. The number of amides is 1. The number of carbonyl (C=O) groups excluding carboxylic acids is 1. The van der Waals surface area contributed by atoms with Gasteiger partial charge in [-0.05, 0) is 22.9 Å². The molecule has 0 bridgehead atoms. The number of fused-ring (bicyclic) bond motifs is 1. The van der Waals surface area contributed by atoms with Gasteiger partial charge < -0.3 is 26.8 Å². The lowest BCUT2D eigenvalue weighted by molar-refractivity contribution is 0.100. The van der Waals surface area contributed by atoms with Crippen molar-refractivity contribution in [1.82, 2.24) is 9.97 Å². The zero-order valence-electron chi connectivity index (χ0n) is 15.0. The van der Waals surface area contributed by atoms with Crippen LogP contribution in [-0.2, 0) is 4.74 Å². The molecular weight excluding hydrogens is 344 g/mol. The standard InChI is InChI=1S/C19H22N6O2/c1-27-11-14(20)9-22-19-23-10-16(17(21)26)18(25-19)24-15-7-6-12-4-2-3-5-13(12)8-15/h2-8,10,14H,9,11,20H2,1H3,(H2,21,26)(H2,22,23,24,25)/t14-/m1/s1. The zero-order valence-corrected chi connectivity index (χ0v) is 15.0. The number of methoxy groups -OCH3 is 1. The fourth-order valence-corrected chi connectivity index (χ4v) is 2.64. The van der Waals surface area contributed by atoms with Crippen LogP contribution in [0.4, 0.5) is 17.5 Å². The molecule has 8 nitrogen and oxygen atoms in total. The van der Waals surface area contributed by atoms with Gasteiger partial charge in [-0.1, -0.05) is 30.3 Å². The van der Waals surface area contributed by atoms with Gasteiger partial charge >= 0.3 is 0 Å². The van der Waals surface area contributed by atoms with Gasteiger partial charge in [-0.15, -0.1) is 0 Å². The summed E-state index contributed by atoms with van der Waals surface area (Å²) in [6.45, 7) is 0.841. The fraction of sp³-hybridized carbons (Fsp3) is 0.211. The zero-order chi connectivity index (χ0) is 19.2. The van der Waals surface area contributed by atoms with Crippen LogP contribution in [0.2, 0.25) is 0 Å². The summed E-state index contributed by atoms with van der Waals surface area (Å²) in [6.07, 6.45) is 1.39. The Labute approximate surface area is 156 Å². The van der Waals surface area contributed by atoms with Crippen LogP contribution in [-0.4, -0.2) is 42.2 Å². The molecule has 0 saturated heterocycles. The Hall–Kier alpha value is -3.23. The Morgan fingerprint density at radius 3 is 2.74 bits per heavy atom. The molecule has 0 saturated carbocycles. The first-order chi connectivity index (χ1) is 13.1. The molecular formula is C19H22N6O2. The SMILES string of the molecule is COC[C@H](N)CNc1ncc(C(N)=O)c(Nc2ccc3ccccc3c2)n1. The second kappa shape index (κ2) is 8.43. The number of rotatable bonds is 8. The number of carbonyl (C=O) groups is 1. The number of primary amides is 1. The van der Waals surface area contributed by atoms with Gasteiger partial charge in [-0.25, -0.2) is 4.98 Å². The van der Waals surface area contributed by atoms with E-state index in [9.17, 15) is 4.79 Å². The van der Waals surface area contributed by atoms with E-state index < -0.39 is 5.91 Å². The number of nitrogens with zero attached hydrogens (tertiary/aromatic N) is 2. The quantitative estimate of drug-likeness (QED) is 0.479. The first kappa shape index (κ1) is 18.6. The Balaban J connectivity index is 1.84. The molecule has 2 aromatic carbocycles. The van der Waals surface area contributed by atoms with E-state index in [1.54, 1.807) is 7.11 Å². The van der Waals surface area contributed by atoms with Gasteiger partial charge in [0.15, 0.2) is 0 Å². The third kappa shape index (κ3) is 4.69. The van der Waals surface area contributed by atoms with E-state index in [-0.39, 0.29) is 11.6 Å². The summed E-state index contributed by atoms with van der Waals surface area (Å²) in [5.41, 5.74) is 12.3. The lowest BCUT2D eigenvalue weighted by Crippen LogP contribution is -2.33. The maximum atomic E-state index is 11.7. The van der Waals surface area contributed by atoms with Crippen molar-refractivity contribution in [3.05, 3.63) is 54.2 Å². The summed E-state index contributed by atoms with van der Waals surface area (Å²) in [5.74, 6) is 0.0614. The van der Waals surface area contributed by atoms with Crippen molar-refractivity contribution in [2.75, 3.05) is 30.9 Å². The van der Waals surface area contributed by atoms with Crippen LogP contribution >= 0.6 is 0 Å². The highest BCUT2D eigenvalue weighted by atomic mass is 16.5. The fourth-order valence-electron chi connectivity index (χ4n) is 2.64. The van der Waals surface area contributed by atoms with Crippen molar-refractivity contribution in [1.29, 1.82) is 0 Å². The molecule has 6 N–H and O–H groups in total. The number of benzene rings is 2. The minimum Gasteiger partial charge on any atom is -0.383 e. The molecule has 3 aromatic rings. The third-order valence-corrected chi connectivity index (χ3v) is 3.97. The largest absolute Gasteiger partial charge is 0.383 e. The first-order valence-corrected chi connectivity index (χ1v) is 8.48. The molecule has 0 aliphatic carbocycles. The van der Waals surface area contributed by atoms with Crippen molar-refractivity contribution in [2.24, 2.45) is 11.5 Å². The predicted octanol–water partition coefficient (Wildman–Crippen LogP) is 1.86. The molecule has 1 aromatic heterocycles. The second-order valence-corrected chi connectivity index (χ2v) is 6.10. The van der Waals surface area contributed by atoms with E-state index in [4.69, 9.17) is 16.2 Å². The second-order valence-electron chi connectivity index (χ2n) is 6.10. The van der Waals surface area contributed by atoms with Gasteiger partial charge in [0.25, 0.3) is 5.91 Å². The van der Waals surface area contributed by atoms with Crippen molar-refractivity contribution >= 4 is 34.1 Å². The summed E-state index contributed by atoms with van der Waals surface area (Å²) in [7, 11) is 1.59. The van der Waals surface area contributed by atoms with Gasteiger partial charge in [0.05, 0.1) is 6.61 Å². The van der Waals surface area contributed by atoms with E-state index in [1.807, 2.05) is 42.5 Å². The normalized spacial score (nSPS) is 11.9. The van der Waals surface area contributed by atoms with Gasteiger partial charge in [0, 0.05) is 31.6 Å². The van der Waals surface area contributed by atoms with E-state index in [0.717, 1.165) is 16.5 Å². The molecule has 0 aliphatic heterocycles. The maximum Gasteiger partial charge on any atom is 0.254 e. The van der Waals surface area contributed by atoms with Crippen molar-refractivity contribution < 1.29 is 9.53 Å². The average Bonchev–Trinajstić information content (AvgIpc) is 2.66. The van der Waals surface area contributed by atoms with Crippen molar-refractivity contribution in [2.45, 2.75) is 6.04 Å². The Morgan fingerprint density at radius 2 is 2.00 bits per heavy atom. The minimum atomic E-state index is -0.610. The third-order valence-electron chi connectivity index (χ3n) is 3.97. The molecule has 1 atom stereocenters. The van der Waals surface area contributed by atoms with Crippen LogP contribution in [0.1, 0.15) is 10.4 Å².